The van der Waals surface area contributed by atoms with Crippen molar-refractivity contribution < 1.29 is 0 Å². The van der Waals surface area contributed by atoms with Gasteiger partial charge in [0.05, 0.1) is 5.55 Å². The van der Waals surface area contributed by atoms with Crippen LogP contribution in [0.3, 0.4) is 0 Å². The first-order valence-electron chi connectivity index (χ1n) is 2.27. The number of hydrogen-bond donors (Lipinski definition) is 2. The van der Waals surface area contributed by atoms with Gasteiger partial charge < -0.3 is 5.73 Å². The lowest BCUT2D eigenvalue weighted by Gasteiger charge is -2.12. The standard InChI is InChI=1S/C3H6N4S2/c4-3(8)6-7-2-9-1-5-7/h1H,2H2,(H3,4,6,8). The maximum Gasteiger partial charge on any atom is 0.184 e. The molecule has 1 rings (SSSR count). The number of rotatable bonds is 1. The Morgan fingerprint density at radius 2 is 2.78 bits per heavy atom. The summed E-state index contributed by atoms with van der Waals surface area (Å²) in [6.45, 7) is 0. The number of hydrazone groups is 1. The van der Waals surface area contributed by atoms with Gasteiger partial charge in [-0.3, -0.25) is 5.43 Å². The molecular weight excluding hydrogens is 156 g/mol. The minimum atomic E-state index is 0.245. The summed E-state index contributed by atoms with van der Waals surface area (Å²) in [5.74, 6) is 0.761. The summed E-state index contributed by atoms with van der Waals surface area (Å²) in [7, 11) is 0. The quantitative estimate of drug-likeness (QED) is 0.518. The van der Waals surface area contributed by atoms with E-state index in [0.717, 1.165) is 5.88 Å². The van der Waals surface area contributed by atoms with Gasteiger partial charge in [-0.25, -0.2) is 0 Å². The molecule has 0 aromatic carbocycles. The van der Waals surface area contributed by atoms with Gasteiger partial charge in [-0.05, 0) is 12.2 Å². The second-order valence-corrected chi connectivity index (χ2v) is 2.63. The van der Waals surface area contributed by atoms with E-state index in [9.17, 15) is 0 Å². The third-order valence-electron chi connectivity index (χ3n) is 0.697. The van der Waals surface area contributed by atoms with E-state index in [4.69, 9.17) is 5.73 Å². The molecule has 0 amide bonds. The summed E-state index contributed by atoms with van der Waals surface area (Å²) in [6.07, 6.45) is 0. The van der Waals surface area contributed by atoms with Crippen LogP contribution in [-0.4, -0.2) is 21.7 Å². The van der Waals surface area contributed by atoms with Crippen molar-refractivity contribution in [2.24, 2.45) is 10.8 Å². The number of nitrogens with two attached hydrogens (primary N) is 1. The van der Waals surface area contributed by atoms with Crippen LogP contribution in [0, 0.1) is 0 Å². The van der Waals surface area contributed by atoms with E-state index in [2.05, 4.69) is 22.7 Å². The van der Waals surface area contributed by atoms with Crippen LogP contribution in [0.2, 0.25) is 0 Å². The Morgan fingerprint density at radius 1 is 2.00 bits per heavy atom. The fraction of sp³-hybridized carbons (Fsp3) is 0.333. The molecule has 3 N–H and O–H groups in total. The molecule has 0 atom stereocenters. The Kier molecular flexibility index (Phi) is 2.12. The molecule has 1 aliphatic rings. The van der Waals surface area contributed by atoms with E-state index >= 15 is 0 Å². The van der Waals surface area contributed by atoms with Crippen molar-refractivity contribution in [2.75, 3.05) is 5.88 Å². The highest BCUT2D eigenvalue weighted by atomic mass is 32.2. The van der Waals surface area contributed by atoms with Gasteiger partial charge in [-0.1, -0.05) is 11.8 Å². The van der Waals surface area contributed by atoms with Crippen molar-refractivity contribution in [3.63, 3.8) is 0 Å². The molecule has 0 aromatic rings. The van der Waals surface area contributed by atoms with E-state index in [1.165, 1.54) is 0 Å². The zero-order valence-electron chi connectivity index (χ0n) is 4.57. The molecule has 0 saturated heterocycles. The normalized spacial score (nSPS) is 16.2. The first kappa shape index (κ1) is 6.63. The molecule has 0 unspecified atom stereocenters. The zero-order valence-corrected chi connectivity index (χ0v) is 6.21. The highest BCUT2D eigenvalue weighted by molar-refractivity contribution is 8.12. The Hall–Kier alpha value is -0.490. The van der Waals surface area contributed by atoms with Gasteiger partial charge in [-0.15, -0.1) is 0 Å². The second kappa shape index (κ2) is 2.88. The van der Waals surface area contributed by atoms with Crippen molar-refractivity contribution in [3.8, 4) is 0 Å². The monoisotopic (exact) mass is 162 g/mol. The van der Waals surface area contributed by atoms with E-state index in [0.29, 0.717) is 0 Å². The van der Waals surface area contributed by atoms with Crippen LogP contribution in [0.4, 0.5) is 0 Å². The van der Waals surface area contributed by atoms with Crippen molar-refractivity contribution in [1.29, 1.82) is 0 Å². The van der Waals surface area contributed by atoms with Gasteiger partial charge in [0.15, 0.2) is 5.11 Å². The number of thiocarbonyl (C=S) groups is 1. The minimum absolute atomic E-state index is 0.245. The molecule has 1 aliphatic heterocycles. The molecule has 0 bridgehead atoms. The fourth-order valence-corrected chi connectivity index (χ4v) is 1.04. The van der Waals surface area contributed by atoms with Crippen molar-refractivity contribution >= 4 is 34.6 Å². The lowest BCUT2D eigenvalue weighted by Crippen LogP contribution is -2.39. The number of nitrogens with zero attached hydrogens (tertiary/aromatic N) is 2. The molecule has 0 aliphatic carbocycles. The topological polar surface area (TPSA) is 53.6 Å². The van der Waals surface area contributed by atoms with Gasteiger partial charge in [0.1, 0.15) is 5.88 Å². The first-order chi connectivity index (χ1) is 4.29. The van der Waals surface area contributed by atoms with Gasteiger partial charge in [0.2, 0.25) is 0 Å². The molecule has 0 radical (unpaired) electrons. The highest BCUT2D eigenvalue weighted by Gasteiger charge is 2.03. The van der Waals surface area contributed by atoms with E-state index in [-0.39, 0.29) is 5.11 Å². The molecule has 0 saturated carbocycles. The van der Waals surface area contributed by atoms with Crippen LogP contribution in [-0.2, 0) is 0 Å². The van der Waals surface area contributed by atoms with Crippen molar-refractivity contribution in [3.05, 3.63) is 0 Å². The average molecular weight is 162 g/mol. The average Bonchev–Trinajstić information content (AvgIpc) is 2.15. The first-order valence-corrected chi connectivity index (χ1v) is 3.72. The van der Waals surface area contributed by atoms with Crippen LogP contribution in [0.15, 0.2) is 5.10 Å². The Morgan fingerprint density at radius 3 is 3.22 bits per heavy atom. The molecule has 0 spiro atoms. The van der Waals surface area contributed by atoms with Crippen LogP contribution >= 0.6 is 24.0 Å². The smallest absolute Gasteiger partial charge is 0.184 e. The summed E-state index contributed by atoms with van der Waals surface area (Å²) in [6, 6.07) is 0. The summed E-state index contributed by atoms with van der Waals surface area (Å²) in [5, 5.41) is 5.69. The molecule has 50 valence electrons. The summed E-state index contributed by atoms with van der Waals surface area (Å²) >= 11 is 6.15. The molecule has 0 aromatic heterocycles. The lowest BCUT2D eigenvalue weighted by molar-refractivity contribution is 0.305. The van der Waals surface area contributed by atoms with Gasteiger partial charge in [-0.2, -0.15) is 10.2 Å². The van der Waals surface area contributed by atoms with Crippen LogP contribution < -0.4 is 11.2 Å². The van der Waals surface area contributed by atoms with Crippen LogP contribution in [0.25, 0.3) is 0 Å². The van der Waals surface area contributed by atoms with Crippen molar-refractivity contribution in [2.45, 2.75) is 0 Å². The summed E-state index contributed by atoms with van der Waals surface area (Å²) in [5.41, 5.74) is 9.56. The SMILES string of the molecule is NC(=S)NN1CSC=N1. The highest BCUT2D eigenvalue weighted by Crippen LogP contribution is 2.05. The third-order valence-corrected chi connectivity index (χ3v) is 1.43. The Labute approximate surface area is 62.4 Å². The summed E-state index contributed by atoms with van der Waals surface area (Å²) < 4.78 is 0. The van der Waals surface area contributed by atoms with Crippen LogP contribution in [0.5, 0.6) is 0 Å². The Bertz CT molecular complexity index is 145. The predicted molar refractivity (Wildman–Crippen MR) is 42.7 cm³/mol. The molecule has 0 fully saturated rings. The zero-order chi connectivity index (χ0) is 6.69. The number of hydrogen-bond acceptors (Lipinski definition) is 4. The van der Waals surface area contributed by atoms with Gasteiger partial charge in [0.25, 0.3) is 0 Å². The van der Waals surface area contributed by atoms with Gasteiger partial charge in [0, 0.05) is 0 Å². The predicted octanol–water partition coefficient (Wildman–Crippen LogP) is -0.316. The summed E-state index contributed by atoms with van der Waals surface area (Å²) in [4.78, 5) is 0. The maximum absolute atomic E-state index is 5.17. The Balaban J connectivity index is 2.28. The van der Waals surface area contributed by atoms with Crippen LogP contribution in [0.1, 0.15) is 0 Å². The largest absolute Gasteiger partial charge is 0.375 e. The second-order valence-electron chi connectivity index (χ2n) is 1.39. The number of thioether (sulfide) groups is 1. The fourth-order valence-electron chi connectivity index (χ4n) is 0.416. The molecule has 6 heteroatoms. The molecule has 9 heavy (non-hydrogen) atoms. The minimum Gasteiger partial charge on any atom is -0.375 e. The maximum atomic E-state index is 5.17. The molecule has 1 heterocycles. The van der Waals surface area contributed by atoms with E-state index in [1.807, 2.05) is 0 Å². The molecule has 4 nitrogen and oxygen atoms in total. The van der Waals surface area contributed by atoms with E-state index in [1.54, 1.807) is 22.4 Å². The number of nitrogens with one attached hydrogen (secondary N) is 1. The molecular formula is C3H6N4S2. The van der Waals surface area contributed by atoms with Crippen molar-refractivity contribution in [1.82, 2.24) is 10.5 Å². The van der Waals surface area contributed by atoms with Gasteiger partial charge >= 0.3 is 0 Å². The third kappa shape index (κ3) is 2.06. The van der Waals surface area contributed by atoms with E-state index < -0.39 is 0 Å². The lowest BCUT2D eigenvalue weighted by atomic mass is 11.1. The number of hydrazine groups is 1.